The lowest BCUT2D eigenvalue weighted by Crippen LogP contribution is -2.43. The number of carbonyl (C=O) groups is 3. The molecular weight excluding hydrogens is 368 g/mol. The Balaban J connectivity index is 2.03. The number of primary amides is 1. The highest BCUT2D eigenvalue weighted by Crippen LogP contribution is 2.15. The van der Waals surface area contributed by atoms with Crippen LogP contribution in [0.25, 0.3) is 0 Å². The summed E-state index contributed by atoms with van der Waals surface area (Å²) in [7, 11) is 0. The lowest BCUT2D eigenvalue weighted by atomic mass is 10.1. The maximum absolute atomic E-state index is 12.6. The zero-order valence-electron chi connectivity index (χ0n) is 17.1. The van der Waals surface area contributed by atoms with Crippen LogP contribution < -0.4 is 16.4 Å². The molecule has 0 fully saturated rings. The Hall–Kier alpha value is -3.19. The number of nitrogens with two attached hydrogens (primary N) is 1. The van der Waals surface area contributed by atoms with Crippen LogP contribution in [0.3, 0.4) is 0 Å². The first-order valence-electron chi connectivity index (χ1n) is 9.51. The molecule has 2 aromatic carbocycles. The van der Waals surface area contributed by atoms with Crippen molar-refractivity contribution in [2.45, 2.75) is 33.4 Å². The molecular formula is C22H28N4O3. The number of anilines is 1. The van der Waals surface area contributed by atoms with Gasteiger partial charge in [0.15, 0.2) is 0 Å². The number of hydrogen-bond donors (Lipinski definition) is 3. The van der Waals surface area contributed by atoms with Crippen molar-refractivity contribution in [2.75, 3.05) is 18.4 Å². The van der Waals surface area contributed by atoms with Crippen molar-refractivity contribution in [3.8, 4) is 0 Å². The summed E-state index contributed by atoms with van der Waals surface area (Å²) >= 11 is 0. The zero-order chi connectivity index (χ0) is 21.4. The van der Waals surface area contributed by atoms with E-state index in [9.17, 15) is 14.4 Å². The maximum atomic E-state index is 12.6. The molecule has 2 aromatic rings. The van der Waals surface area contributed by atoms with Gasteiger partial charge in [0.1, 0.15) is 0 Å². The molecule has 0 saturated carbocycles. The van der Waals surface area contributed by atoms with Crippen molar-refractivity contribution < 1.29 is 14.4 Å². The quantitative estimate of drug-likeness (QED) is 0.603. The summed E-state index contributed by atoms with van der Waals surface area (Å²) in [5.41, 5.74) is 8.18. The first-order chi connectivity index (χ1) is 13.8. The van der Waals surface area contributed by atoms with Crippen LogP contribution in [0.2, 0.25) is 0 Å². The molecule has 154 valence electrons. The Bertz CT molecular complexity index is 863. The van der Waals surface area contributed by atoms with Crippen LogP contribution in [-0.4, -0.2) is 41.8 Å². The van der Waals surface area contributed by atoms with Gasteiger partial charge in [0.25, 0.3) is 5.91 Å². The number of nitrogens with zero attached hydrogens (tertiary/aromatic N) is 1. The van der Waals surface area contributed by atoms with Gasteiger partial charge < -0.3 is 16.4 Å². The van der Waals surface area contributed by atoms with Crippen LogP contribution in [0.4, 0.5) is 5.69 Å². The lowest BCUT2D eigenvalue weighted by molar-refractivity contribution is -0.121. The van der Waals surface area contributed by atoms with Gasteiger partial charge in [-0.3, -0.25) is 19.3 Å². The summed E-state index contributed by atoms with van der Waals surface area (Å²) in [5.74, 6) is -1.10. The Labute approximate surface area is 171 Å². The Morgan fingerprint density at radius 2 is 1.66 bits per heavy atom. The number of aryl methyl sites for hydroxylation is 1. The average molecular weight is 396 g/mol. The fraction of sp³-hybridized carbons (Fsp3) is 0.318. The highest BCUT2D eigenvalue weighted by atomic mass is 16.2. The van der Waals surface area contributed by atoms with E-state index in [4.69, 9.17) is 5.73 Å². The smallest absolute Gasteiger partial charge is 0.253 e. The first-order valence-corrected chi connectivity index (χ1v) is 9.51. The zero-order valence-corrected chi connectivity index (χ0v) is 17.1. The van der Waals surface area contributed by atoms with Crippen molar-refractivity contribution in [3.63, 3.8) is 0 Å². The van der Waals surface area contributed by atoms with Crippen LogP contribution in [-0.2, 0) is 16.1 Å². The van der Waals surface area contributed by atoms with Gasteiger partial charge in [0, 0.05) is 12.6 Å². The summed E-state index contributed by atoms with van der Waals surface area (Å²) in [6.45, 7) is 6.14. The molecule has 2 rings (SSSR count). The van der Waals surface area contributed by atoms with Crippen LogP contribution in [0.5, 0.6) is 0 Å². The number of benzene rings is 2. The van der Waals surface area contributed by atoms with Gasteiger partial charge >= 0.3 is 0 Å². The van der Waals surface area contributed by atoms with Crippen molar-refractivity contribution in [3.05, 3.63) is 65.2 Å². The molecule has 29 heavy (non-hydrogen) atoms. The summed E-state index contributed by atoms with van der Waals surface area (Å²) in [4.78, 5) is 38.0. The molecule has 0 saturated heterocycles. The van der Waals surface area contributed by atoms with E-state index in [-0.39, 0.29) is 30.9 Å². The normalized spacial score (nSPS) is 10.8. The third-order valence-corrected chi connectivity index (χ3v) is 4.46. The van der Waals surface area contributed by atoms with Gasteiger partial charge in [0.05, 0.1) is 24.3 Å². The van der Waals surface area contributed by atoms with Crippen molar-refractivity contribution in [1.82, 2.24) is 10.2 Å². The molecule has 0 aliphatic carbocycles. The molecule has 0 spiro atoms. The number of rotatable bonds is 9. The maximum Gasteiger partial charge on any atom is 0.253 e. The van der Waals surface area contributed by atoms with Crippen molar-refractivity contribution in [1.29, 1.82) is 0 Å². The molecule has 0 aliphatic rings. The van der Waals surface area contributed by atoms with E-state index < -0.39 is 5.91 Å². The lowest BCUT2D eigenvalue weighted by Gasteiger charge is -2.24. The minimum atomic E-state index is -0.498. The number of para-hydroxylation sites is 1. The second-order valence-electron chi connectivity index (χ2n) is 7.23. The SMILES string of the molecule is Cc1ccc(CNC(=O)c2ccccc2NC(=O)CN(CC(N)=O)C(C)C)cc1. The molecule has 0 bridgehead atoms. The largest absolute Gasteiger partial charge is 0.369 e. The van der Waals surface area contributed by atoms with E-state index >= 15 is 0 Å². The van der Waals surface area contributed by atoms with Gasteiger partial charge in [0.2, 0.25) is 11.8 Å². The number of hydrogen-bond acceptors (Lipinski definition) is 4. The first kappa shape index (κ1) is 22.1. The Morgan fingerprint density at radius 1 is 1.00 bits per heavy atom. The van der Waals surface area contributed by atoms with Crippen molar-refractivity contribution in [2.24, 2.45) is 5.73 Å². The molecule has 0 aliphatic heterocycles. The second-order valence-corrected chi connectivity index (χ2v) is 7.23. The van der Waals surface area contributed by atoms with Crippen LogP contribution in [0.1, 0.15) is 35.3 Å². The van der Waals surface area contributed by atoms with E-state index in [0.717, 1.165) is 11.1 Å². The van der Waals surface area contributed by atoms with Gasteiger partial charge in [-0.25, -0.2) is 0 Å². The van der Waals surface area contributed by atoms with Crippen molar-refractivity contribution >= 4 is 23.4 Å². The van der Waals surface area contributed by atoms with Gasteiger partial charge in [-0.05, 0) is 38.5 Å². The third-order valence-electron chi connectivity index (χ3n) is 4.46. The minimum Gasteiger partial charge on any atom is -0.369 e. The molecule has 3 amide bonds. The summed E-state index contributed by atoms with van der Waals surface area (Å²) in [5, 5.41) is 5.63. The minimum absolute atomic E-state index is 0.0000730. The van der Waals surface area contributed by atoms with Crippen LogP contribution in [0, 0.1) is 6.92 Å². The highest BCUT2D eigenvalue weighted by Gasteiger charge is 2.18. The van der Waals surface area contributed by atoms with Gasteiger partial charge in [-0.2, -0.15) is 0 Å². The van der Waals surface area contributed by atoms with E-state index in [0.29, 0.717) is 17.8 Å². The number of nitrogens with one attached hydrogen (secondary N) is 2. The predicted octanol–water partition coefficient (Wildman–Crippen LogP) is 2.06. The predicted molar refractivity (Wildman–Crippen MR) is 113 cm³/mol. The fourth-order valence-electron chi connectivity index (χ4n) is 2.77. The average Bonchev–Trinajstić information content (AvgIpc) is 2.66. The van der Waals surface area contributed by atoms with Crippen LogP contribution in [0.15, 0.2) is 48.5 Å². The van der Waals surface area contributed by atoms with E-state index in [1.54, 1.807) is 29.2 Å². The van der Waals surface area contributed by atoms with E-state index in [1.165, 1.54) is 0 Å². The highest BCUT2D eigenvalue weighted by molar-refractivity contribution is 6.04. The molecule has 7 nitrogen and oxygen atoms in total. The van der Waals surface area contributed by atoms with Crippen LogP contribution >= 0.6 is 0 Å². The van der Waals surface area contributed by atoms with Gasteiger partial charge in [-0.1, -0.05) is 42.0 Å². The summed E-state index contributed by atoms with van der Waals surface area (Å²) in [6.07, 6.45) is 0. The molecule has 4 N–H and O–H groups in total. The molecule has 0 radical (unpaired) electrons. The van der Waals surface area contributed by atoms with E-state index in [1.807, 2.05) is 45.0 Å². The second kappa shape index (κ2) is 10.4. The standard InChI is InChI=1S/C22H28N4O3/c1-15(2)26(13-20(23)27)14-21(28)25-19-7-5-4-6-18(19)22(29)24-12-17-10-8-16(3)9-11-17/h4-11,15H,12-14H2,1-3H3,(H2,23,27)(H,24,29)(H,25,28). The third kappa shape index (κ3) is 7.04. The summed E-state index contributed by atoms with van der Waals surface area (Å²) in [6, 6.07) is 14.7. The number of carbonyl (C=O) groups excluding carboxylic acids is 3. The molecule has 7 heteroatoms. The molecule has 0 unspecified atom stereocenters. The Kier molecular flexibility index (Phi) is 7.91. The molecule has 0 atom stereocenters. The topological polar surface area (TPSA) is 105 Å². The monoisotopic (exact) mass is 396 g/mol. The fourth-order valence-corrected chi connectivity index (χ4v) is 2.77. The molecule has 0 aromatic heterocycles. The number of amides is 3. The molecule has 0 heterocycles. The van der Waals surface area contributed by atoms with E-state index in [2.05, 4.69) is 10.6 Å². The summed E-state index contributed by atoms with van der Waals surface area (Å²) < 4.78 is 0. The van der Waals surface area contributed by atoms with Gasteiger partial charge in [-0.15, -0.1) is 0 Å². The Morgan fingerprint density at radius 3 is 2.28 bits per heavy atom.